The summed E-state index contributed by atoms with van der Waals surface area (Å²) in [6, 6.07) is 4.92. The maximum absolute atomic E-state index is 13.6. The lowest BCUT2D eigenvalue weighted by atomic mass is 10.1. The molecule has 1 aromatic carbocycles. The Kier molecular flexibility index (Phi) is 6.48. The van der Waals surface area contributed by atoms with Crippen LogP contribution in [0.4, 0.5) is 4.39 Å². The number of hydrogen-bond acceptors (Lipinski definition) is 2. The Labute approximate surface area is 107 Å². The van der Waals surface area contributed by atoms with Crippen molar-refractivity contribution in [2.75, 3.05) is 20.3 Å². The summed E-state index contributed by atoms with van der Waals surface area (Å²) in [5, 5.41) is 3.76. The van der Waals surface area contributed by atoms with Crippen molar-refractivity contribution in [3.63, 3.8) is 0 Å². The molecule has 0 spiro atoms. The maximum atomic E-state index is 13.6. The van der Waals surface area contributed by atoms with Gasteiger partial charge in [0, 0.05) is 18.2 Å². The minimum absolute atomic E-state index is 0.135. The van der Waals surface area contributed by atoms with Crippen molar-refractivity contribution in [1.29, 1.82) is 0 Å². The zero-order valence-electron chi connectivity index (χ0n) is 10.3. The van der Waals surface area contributed by atoms with E-state index in [-0.39, 0.29) is 11.9 Å². The highest BCUT2D eigenvalue weighted by Crippen LogP contribution is 2.16. The molecular weight excluding hydrogens is 241 g/mol. The van der Waals surface area contributed by atoms with Crippen molar-refractivity contribution in [3.8, 4) is 0 Å². The van der Waals surface area contributed by atoms with E-state index in [4.69, 9.17) is 16.3 Å². The van der Waals surface area contributed by atoms with Gasteiger partial charge in [-0.2, -0.15) is 0 Å². The summed E-state index contributed by atoms with van der Waals surface area (Å²) in [4.78, 5) is 0. The topological polar surface area (TPSA) is 21.3 Å². The highest BCUT2D eigenvalue weighted by molar-refractivity contribution is 6.30. The first-order chi connectivity index (χ1) is 8.17. The van der Waals surface area contributed by atoms with Gasteiger partial charge in [0.2, 0.25) is 0 Å². The third-order valence-electron chi connectivity index (χ3n) is 2.53. The summed E-state index contributed by atoms with van der Waals surface area (Å²) in [6.45, 7) is 3.57. The number of hydrogen-bond donors (Lipinski definition) is 1. The summed E-state index contributed by atoms with van der Waals surface area (Å²) in [5.74, 6) is -0.253. The zero-order valence-corrected chi connectivity index (χ0v) is 11.1. The van der Waals surface area contributed by atoms with Crippen molar-refractivity contribution >= 4 is 11.6 Å². The standard InChI is InChI=1S/C13H19ClFNO/c1-3-6-16-12(9-17-2)7-10-4-5-11(14)8-13(10)15/h4-5,8,12,16H,3,6-7,9H2,1-2H3. The molecule has 4 heteroatoms. The largest absolute Gasteiger partial charge is 0.383 e. The first-order valence-electron chi connectivity index (χ1n) is 5.83. The first-order valence-corrected chi connectivity index (χ1v) is 6.21. The van der Waals surface area contributed by atoms with Gasteiger partial charge in [-0.25, -0.2) is 4.39 Å². The average Bonchev–Trinajstić information content (AvgIpc) is 2.29. The quantitative estimate of drug-likeness (QED) is 0.813. The van der Waals surface area contributed by atoms with E-state index in [0.29, 0.717) is 23.6 Å². The number of benzene rings is 1. The first kappa shape index (κ1) is 14.4. The molecule has 0 aliphatic carbocycles. The fourth-order valence-corrected chi connectivity index (χ4v) is 1.85. The van der Waals surface area contributed by atoms with Crippen LogP contribution in [0.1, 0.15) is 18.9 Å². The van der Waals surface area contributed by atoms with Gasteiger partial charge in [0.05, 0.1) is 6.61 Å². The van der Waals surface area contributed by atoms with Crippen LogP contribution in [0.3, 0.4) is 0 Å². The molecule has 0 fully saturated rings. The van der Waals surface area contributed by atoms with Gasteiger partial charge in [0.15, 0.2) is 0 Å². The molecule has 0 saturated heterocycles. The van der Waals surface area contributed by atoms with Crippen LogP contribution in [-0.4, -0.2) is 26.3 Å². The molecule has 1 unspecified atom stereocenters. The SMILES string of the molecule is CCCNC(COC)Cc1ccc(Cl)cc1F. The van der Waals surface area contributed by atoms with Crippen LogP contribution in [0.25, 0.3) is 0 Å². The molecule has 0 aromatic heterocycles. The summed E-state index contributed by atoms with van der Waals surface area (Å²) < 4.78 is 18.7. The Morgan fingerprint density at radius 3 is 2.82 bits per heavy atom. The molecule has 0 saturated carbocycles. The molecule has 2 nitrogen and oxygen atoms in total. The fourth-order valence-electron chi connectivity index (χ4n) is 1.69. The van der Waals surface area contributed by atoms with Gasteiger partial charge in [-0.3, -0.25) is 0 Å². The summed E-state index contributed by atoms with van der Waals surface area (Å²) >= 11 is 5.72. The summed E-state index contributed by atoms with van der Waals surface area (Å²) in [6.07, 6.45) is 1.65. The number of methoxy groups -OCH3 is 1. The summed E-state index contributed by atoms with van der Waals surface area (Å²) in [5.41, 5.74) is 0.667. The van der Waals surface area contributed by atoms with E-state index in [1.54, 1.807) is 19.2 Å². The predicted molar refractivity (Wildman–Crippen MR) is 69.1 cm³/mol. The lowest BCUT2D eigenvalue weighted by molar-refractivity contribution is 0.165. The Hall–Kier alpha value is -0.640. The molecule has 96 valence electrons. The number of nitrogens with one attached hydrogen (secondary N) is 1. The van der Waals surface area contributed by atoms with E-state index in [0.717, 1.165) is 13.0 Å². The Balaban J connectivity index is 2.64. The molecule has 1 atom stereocenters. The Morgan fingerprint density at radius 2 is 2.24 bits per heavy atom. The highest BCUT2D eigenvalue weighted by Gasteiger charge is 2.11. The second-order valence-electron chi connectivity index (χ2n) is 4.05. The van der Waals surface area contributed by atoms with Crippen LogP contribution < -0.4 is 5.32 Å². The van der Waals surface area contributed by atoms with Crippen molar-refractivity contribution in [2.45, 2.75) is 25.8 Å². The third kappa shape index (κ3) is 5.02. The van der Waals surface area contributed by atoms with Crippen molar-refractivity contribution in [3.05, 3.63) is 34.6 Å². The molecule has 0 heterocycles. The fraction of sp³-hybridized carbons (Fsp3) is 0.538. The van der Waals surface area contributed by atoms with Gasteiger partial charge >= 0.3 is 0 Å². The molecule has 0 amide bonds. The lowest BCUT2D eigenvalue weighted by Crippen LogP contribution is -2.35. The second-order valence-corrected chi connectivity index (χ2v) is 4.48. The van der Waals surface area contributed by atoms with Crippen LogP contribution in [0, 0.1) is 5.82 Å². The molecule has 0 aliphatic rings. The molecule has 0 bridgehead atoms. The van der Waals surface area contributed by atoms with Gasteiger partial charge in [-0.05, 0) is 37.1 Å². The molecule has 0 aliphatic heterocycles. The van der Waals surface area contributed by atoms with Crippen molar-refractivity contribution in [1.82, 2.24) is 5.32 Å². The molecule has 1 N–H and O–H groups in total. The normalized spacial score (nSPS) is 12.7. The van der Waals surface area contributed by atoms with Crippen LogP contribution in [-0.2, 0) is 11.2 Å². The summed E-state index contributed by atoms with van der Waals surface area (Å²) in [7, 11) is 1.65. The van der Waals surface area contributed by atoms with Gasteiger partial charge in [0.1, 0.15) is 5.82 Å². The van der Waals surface area contributed by atoms with Gasteiger partial charge < -0.3 is 10.1 Å². The lowest BCUT2D eigenvalue weighted by Gasteiger charge is -2.18. The molecular formula is C13H19ClFNO. The van der Waals surface area contributed by atoms with Crippen molar-refractivity contribution in [2.24, 2.45) is 0 Å². The van der Waals surface area contributed by atoms with Crippen LogP contribution in [0.2, 0.25) is 5.02 Å². The number of ether oxygens (including phenoxy) is 1. The van der Waals surface area contributed by atoms with E-state index < -0.39 is 0 Å². The Bertz CT molecular complexity index is 346. The molecule has 0 radical (unpaired) electrons. The van der Waals surface area contributed by atoms with E-state index in [9.17, 15) is 4.39 Å². The molecule has 1 aromatic rings. The zero-order chi connectivity index (χ0) is 12.7. The van der Waals surface area contributed by atoms with Crippen LogP contribution in [0.15, 0.2) is 18.2 Å². The highest BCUT2D eigenvalue weighted by atomic mass is 35.5. The predicted octanol–water partition coefficient (Wildman–Crippen LogP) is 3.04. The molecule has 17 heavy (non-hydrogen) atoms. The van der Waals surface area contributed by atoms with Gasteiger partial charge in [-0.1, -0.05) is 24.6 Å². The second kappa shape index (κ2) is 7.64. The van der Waals surface area contributed by atoms with Crippen LogP contribution in [0.5, 0.6) is 0 Å². The third-order valence-corrected chi connectivity index (χ3v) is 2.77. The number of halogens is 2. The van der Waals surface area contributed by atoms with E-state index in [2.05, 4.69) is 12.2 Å². The Morgan fingerprint density at radius 1 is 1.47 bits per heavy atom. The monoisotopic (exact) mass is 259 g/mol. The minimum Gasteiger partial charge on any atom is -0.383 e. The van der Waals surface area contributed by atoms with E-state index in [1.165, 1.54) is 6.07 Å². The van der Waals surface area contributed by atoms with Gasteiger partial charge in [-0.15, -0.1) is 0 Å². The minimum atomic E-state index is -0.253. The van der Waals surface area contributed by atoms with E-state index in [1.807, 2.05) is 0 Å². The van der Waals surface area contributed by atoms with E-state index >= 15 is 0 Å². The maximum Gasteiger partial charge on any atom is 0.127 e. The van der Waals surface area contributed by atoms with Gasteiger partial charge in [0.25, 0.3) is 0 Å². The smallest absolute Gasteiger partial charge is 0.127 e. The van der Waals surface area contributed by atoms with Crippen LogP contribution >= 0.6 is 11.6 Å². The number of rotatable bonds is 7. The molecule has 1 rings (SSSR count). The van der Waals surface area contributed by atoms with Crippen molar-refractivity contribution < 1.29 is 9.13 Å². The average molecular weight is 260 g/mol.